The summed E-state index contributed by atoms with van der Waals surface area (Å²) < 4.78 is 0. The molecule has 3 rings (SSSR count). The smallest absolute Gasteiger partial charge is 0.137 e. The van der Waals surface area contributed by atoms with Gasteiger partial charge >= 0.3 is 0 Å². The average molecular weight is 324 g/mol. The summed E-state index contributed by atoms with van der Waals surface area (Å²) in [4.78, 5) is 17.6. The molecule has 0 spiro atoms. The second-order valence-electron chi connectivity index (χ2n) is 6.00. The van der Waals surface area contributed by atoms with Crippen LogP contribution in [0.3, 0.4) is 0 Å². The highest BCUT2D eigenvalue weighted by Gasteiger charge is 2.19. The molecule has 2 unspecified atom stereocenters. The maximum Gasteiger partial charge on any atom is 0.137 e. The molecule has 4 heteroatoms. The molecule has 2 aromatic heterocycles. The van der Waals surface area contributed by atoms with E-state index >= 15 is 0 Å². The molecule has 0 amide bonds. The Labute approximate surface area is 140 Å². The molecule has 3 nitrogen and oxygen atoms in total. The summed E-state index contributed by atoms with van der Waals surface area (Å²) in [5.41, 5.74) is 7.30. The van der Waals surface area contributed by atoms with E-state index in [9.17, 15) is 4.79 Å². The Kier molecular flexibility index (Phi) is 4.84. The van der Waals surface area contributed by atoms with Gasteiger partial charge in [0.2, 0.25) is 0 Å². The number of carbonyl (C=O) groups excluding carboxylic acids is 1. The van der Waals surface area contributed by atoms with Crippen LogP contribution in [0.2, 0.25) is 0 Å². The van der Waals surface area contributed by atoms with E-state index in [4.69, 9.17) is 5.73 Å². The third kappa shape index (κ3) is 3.84. The molecule has 0 aliphatic rings. The number of Topliss-reactive ketones (excluding diaryl/α,β-unsaturated/α-hetero) is 1. The predicted octanol–water partition coefficient (Wildman–Crippen LogP) is 4.13. The molecule has 0 saturated carbocycles. The number of thiophene rings is 1. The van der Waals surface area contributed by atoms with E-state index in [-0.39, 0.29) is 17.7 Å². The summed E-state index contributed by atoms with van der Waals surface area (Å²) in [6.07, 6.45) is 4.58. The second-order valence-corrected chi connectivity index (χ2v) is 6.97. The highest BCUT2D eigenvalue weighted by molar-refractivity contribution is 7.10. The zero-order valence-electron chi connectivity index (χ0n) is 13.1. The number of carbonyl (C=O) groups is 1. The molecular formula is C19H20N2OS. The molecule has 23 heavy (non-hydrogen) atoms. The van der Waals surface area contributed by atoms with Crippen molar-refractivity contribution >= 4 is 27.9 Å². The minimum absolute atomic E-state index is 0.0679. The van der Waals surface area contributed by atoms with Crippen LogP contribution in [-0.4, -0.2) is 10.8 Å². The maximum absolute atomic E-state index is 12.4. The van der Waals surface area contributed by atoms with Gasteiger partial charge in [0.25, 0.3) is 0 Å². The average Bonchev–Trinajstić information content (AvgIpc) is 3.08. The van der Waals surface area contributed by atoms with Gasteiger partial charge in [-0.25, -0.2) is 0 Å². The monoisotopic (exact) mass is 324 g/mol. The number of hydrogen-bond donors (Lipinski definition) is 1. The molecule has 2 N–H and O–H groups in total. The molecule has 1 aromatic carbocycles. The molecule has 0 fully saturated rings. The van der Waals surface area contributed by atoms with Crippen LogP contribution < -0.4 is 5.73 Å². The fourth-order valence-electron chi connectivity index (χ4n) is 2.79. The minimum Gasteiger partial charge on any atom is -0.323 e. The number of pyridine rings is 1. The summed E-state index contributed by atoms with van der Waals surface area (Å²) in [6, 6.07) is 12.0. The molecule has 2 heterocycles. The second kappa shape index (κ2) is 7.02. The van der Waals surface area contributed by atoms with Gasteiger partial charge < -0.3 is 5.73 Å². The molecule has 0 bridgehead atoms. The number of aromatic nitrogens is 1. The van der Waals surface area contributed by atoms with Crippen molar-refractivity contribution in [3.05, 3.63) is 64.6 Å². The lowest BCUT2D eigenvalue weighted by Crippen LogP contribution is -2.21. The van der Waals surface area contributed by atoms with E-state index in [1.54, 1.807) is 17.5 Å². The van der Waals surface area contributed by atoms with Gasteiger partial charge in [-0.1, -0.05) is 31.2 Å². The lowest BCUT2D eigenvalue weighted by molar-refractivity contribution is -0.119. The molecule has 0 radical (unpaired) electrons. The zero-order chi connectivity index (χ0) is 16.2. The van der Waals surface area contributed by atoms with Gasteiger partial charge in [-0.2, -0.15) is 0 Å². The number of nitrogens with two attached hydrogens (primary N) is 1. The standard InChI is InChI=1S/C19H20N2OS/c1-13(19(20)18-3-2-8-23-18)9-17(22)11-14-4-5-16-12-21-7-6-15(16)10-14/h2-8,10,12-13,19H,9,11,20H2,1H3. The lowest BCUT2D eigenvalue weighted by Gasteiger charge is -2.18. The van der Waals surface area contributed by atoms with Crippen molar-refractivity contribution in [3.63, 3.8) is 0 Å². The Hall–Kier alpha value is -2.04. The summed E-state index contributed by atoms with van der Waals surface area (Å²) in [7, 11) is 0. The van der Waals surface area contributed by atoms with Gasteiger partial charge in [-0.15, -0.1) is 11.3 Å². The minimum atomic E-state index is -0.0679. The van der Waals surface area contributed by atoms with Gasteiger partial charge in [0, 0.05) is 41.5 Å². The number of ketones is 1. The first kappa shape index (κ1) is 15.8. The van der Waals surface area contributed by atoms with Crippen LogP contribution in [0.15, 0.2) is 54.2 Å². The van der Waals surface area contributed by atoms with Crippen molar-refractivity contribution in [1.82, 2.24) is 4.98 Å². The molecule has 2 atom stereocenters. The van der Waals surface area contributed by atoms with Crippen LogP contribution in [0, 0.1) is 5.92 Å². The Morgan fingerprint density at radius 1 is 1.26 bits per heavy atom. The van der Waals surface area contributed by atoms with E-state index in [1.807, 2.05) is 48.8 Å². The van der Waals surface area contributed by atoms with Gasteiger partial charge in [0.15, 0.2) is 0 Å². The van der Waals surface area contributed by atoms with E-state index in [2.05, 4.69) is 11.1 Å². The summed E-state index contributed by atoms with van der Waals surface area (Å²) in [5, 5.41) is 4.23. The van der Waals surface area contributed by atoms with E-state index < -0.39 is 0 Å². The first-order valence-corrected chi connectivity index (χ1v) is 8.65. The van der Waals surface area contributed by atoms with Crippen LogP contribution in [0.5, 0.6) is 0 Å². The molecular weight excluding hydrogens is 304 g/mol. The molecule has 0 saturated heterocycles. The number of fused-ring (bicyclic) bond motifs is 1. The van der Waals surface area contributed by atoms with Crippen LogP contribution in [-0.2, 0) is 11.2 Å². The number of nitrogens with zero attached hydrogens (tertiary/aromatic N) is 1. The van der Waals surface area contributed by atoms with E-state index in [0.717, 1.165) is 21.2 Å². The largest absolute Gasteiger partial charge is 0.323 e. The summed E-state index contributed by atoms with van der Waals surface area (Å²) >= 11 is 1.65. The fourth-order valence-corrected chi connectivity index (χ4v) is 3.65. The Morgan fingerprint density at radius 3 is 2.91 bits per heavy atom. The third-order valence-corrected chi connectivity index (χ3v) is 5.11. The molecule has 0 aliphatic carbocycles. The highest BCUT2D eigenvalue weighted by atomic mass is 32.1. The Balaban J connectivity index is 1.64. The van der Waals surface area contributed by atoms with Crippen LogP contribution in [0.25, 0.3) is 10.8 Å². The van der Waals surface area contributed by atoms with Gasteiger partial charge in [-0.3, -0.25) is 9.78 Å². The van der Waals surface area contributed by atoms with Gasteiger partial charge in [0.1, 0.15) is 5.78 Å². The van der Waals surface area contributed by atoms with Crippen molar-refractivity contribution in [2.45, 2.75) is 25.8 Å². The molecule has 3 aromatic rings. The SMILES string of the molecule is CC(CC(=O)Cc1ccc2cnccc2c1)C(N)c1cccs1. The van der Waals surface area contributed by atoms with Crippen LogP contribution in [0.4, 0.5) is 0 Å². The first-order chi connectivity index (χ1) is 11.1. The third-order valence-electron chi connectivity index (χ3n) is 4.14. The highest BCUT2D eigenvalue weighted by Crippen LogP contribution is 2.26. The van der Waals surface area contributed by atoms with E-state index in [1.165, 1.54) is 0 Å². The first-order valence-electron chi connectivity index (χ1n) is 7.77. The number of rotatable bonds is 6. The van der Waals surface area contributed by atoms with Gasteiger partial charge in [-0.05, 0) is 34.4 Å². The normalized spacial score (nSPS) is 13.8. The summed E-state index contributed by atoms with van der Waals surface area (Å²) in [5.74, 6) is 0.378. The Morgan fingerprint density at radius 2 is 2.13 bits per heavy atom. The van der Waals surface area contributed by atoms with Crippen molar-refractivity contribution in [2.24, 2.45) is 11.7 Å². The predicted molar refractivity (Wildman–Crippen MR) is 95.5 cm³/mol. The molecule has 118 valence electrons. The van der Waals surface area contributed by atoms with Crippen molar-refractivity contribution in [1.29, 1.82) is 0 Å². The fraction of sp³-hybridized carbons (Fsp3) is 0.263. The van der Waals surface area contributed by atoms with E-state index in [0.29, 0.717) is 12.8 Å². The van der Waals surface area contributed by atoms with Crippen LogP contribution in [0.1, 0.15) is 29.8 Å². The van der Waals surface area contributed by atoms with Crippen molar-refractivity contribution in [3.8, 4) is 0 Å². The summed E-state index contributed by atoms with van der Waals surface area (Å²) in [6.45, 7) is 2.05. The topological polar surface area (TPSA) is 56.0 Å². The maximum atomic E-state index is 12.4. The van der Waals surface area contributed by atoms with Gasteiger partial charge in [0.05, 0.1) is 0 Å². The van der Waals surface area contributed by atoms with Crippen LogP contribution >= 0.6 is 11.3 Å². The number of hydrogen-bond acceptors (Lipinski definition) is 4. The van der Waals surface area contributed by atoms with Crippen molar-refractivity contribution in [2.75, 3.05) is 0 Å². The molecule has 0 aliphatic heterocycles. The lowest BCUT2D eigenvalue weighted by atomic mass is 9.93. The number of benzene rings is 1. The Bertz CT molecular complexity index is 798. The quantitative estimate of drug-likeness (QED) is 0.741. The zero-order valence-corrected chi connectivity index (χ0v) is 13.9. The van der Waals surface area contributed by atoms with Crippen molar-refractivity contribution < 1.29 is 4.79 Å².